The van der Waals surface area contributed by atoms with Gasteiger partial charge in [0.2, 0.25) is 5.91 Å². The van der Waals surface area contributed by atoms with Crippen LogP contribution in [0.5, 0.6) is 0 Å². The zero-order valence-electron chi connectivity index (χ0n) is 10.3. The first kappa shape index (κ1) is 13.6. The van der Waals surface area contributed by atoms with E-state index in [0.717, 1.165) is 25.8 Å². The maximum absolute atomic E-state index is 12.1. The summed E-state index contributed by atoms with van der Waals surface area (Å²) >= 11 is 0. The van der Waals surface area contributed by atoms with Crippen LogP contribution in [-0.2, 0) is 4.79 Å². The quantitative estimate of drug-likeness (QED) is 0.826. The largest absolute Gasteiger partial charge is 0.389 e. The molecule has 0 unspecified atom stereocenters. The van der Waals surface area contributed by atoms with E-state index in [1.807, 2.05) is 0 Å². The molecule has 2 aliphatic rings. The Hall–Kier alpha value is -0.780. The van der Waals surface area contributed by atoms with Crippen molar-refractivity contribution in [1.82, 2.24) is 10.2 Å². The van der Waals surface area contributed by atoms with E-state index < -0.39 is 19.0 Å². The number of carbonyl (C=O) groups excluding carboxylic acids is 1. The molecule has 3 nitrogen and oxygen atoms in total. The summed E-state index contributed by atoms with van der Waals surface area (Å²) < 4.78 is 36.3. The standard InChI is InChI=1S/C12H19F3N2O/c13-12(14,15)5-4-11(18)17-7-9-2-1-3-10(8-17)16-6-9/h9-10,16H,1-8H2/t9-,10-/m0/s1. The predicted octanol–water partition coefficient (Wildman–Crippen LogP) is 1.93. The number of amides is 1. The van der Waals surface area contributed by atoms with Crippen molar-refractivity contribution in [2.45, 2.75) is 44.3 Å². The maximum atomic E-state index is 12.1. The number of hydrogen-bond acceptors (Lipinski definition) is 2. The zero-order valence-corrected chi connectivity index (χ0v) is 10.3. The molecule has 0 aromatic heterocycles. The second-order valence-electron chi connectivity index (χ2n) is 5.32. The minimum Gasteiger partial charge on any atom is -0.341 e. The third-order valence-electron chi connectivity index (χ3n) is 3.75. The Bertz CT molecular complexity index is 292. The molecule has 2 rings (SSSR count). The monoisotopic (exact) mass is 264 g/mol. The number of nitrogens with one attached hydrogen (secondary N) is 1. The molecule has 6 heteroatoms. The third kappa shape index (κ3) is 3.86. The average molecular weight is 264 g/mol. The lowest BCUT2D eigenvalue weighted by molar-refractivity contribution is -0.149. The van der Waals surface area contributed by atoms with Crippen LogP contribution >= 0.6 is 0 Å². The number of likely N-dealkylation sites (tertiary alicyclic amines) is 1. The fraction of sp³-hybridized carbons (Fsp3) is 0.917. The Balaban J connectivity index is 1.90. The van der Waals surface area contributed by atoms with Gasteiger partial charge in [-0.2, -0.15) is 13.2 Å². The van der Waals surface area contributed by atoms with E-state index in [1.165, 1.54) is 0 Å². The zero-order chi connectivity index (χ0) is 13.2. The molecular weight excluding hydrogens is 245 g/mol. The molecule has 104 valence electrons. The van der Waals surface area contributed by atoms with Crippen molar-refractivity contribution in [2.75, 3.05) is 19.6 Å². The van der Waals surface area contributed by atoms with Gasteiger partial charge in [0, 0.05) is 25.6 Å². The molecule has 1 N–H and O–H groups in total. The van der Waals surface area contributed by atoms with Gasteiger partial charge in [-0.1, -0.05) is 6.42 Å². The van der Waals surface area contributed by atoms with Crippen molar-refractivity contribution in [1.29, 1.82) is 0 Å². The van der Waals surface area contributed by atoms with Crippen molar-refractivity contribution in [2.24, 2.45) is 5.92 Å². The molecule has 0 aromatic carbocycles. The van der Waals surface area contributed by atoms with Crippen LogP contribution in [0, 0.1) is 5.92 Å². The van der Waals surface area contributed by atoms with Gasteiger partial charge in [0.25, 0.3) is 0 Å². The molecule has 1 amide bonds. The predicted molar refractivity (Wildman–Crippen MR) is 61.0 cm³/mol. The SMILES string of the molecule is O=C(CCC(F)(F)F)N1C[C@H]2CCC[C@@H](C1)NC2. The Morgan fingerprint density at radius 1 is 1.28 bits per heavy atom. The number of fused-ring (bicyclic) bond motifs is 3. The molecular formula is C12H19F3N2O. The van der Waals surface area contributed by atoms with Crippen molar-refractivity contribution in [3.63, 3.8) is 0 Å². The number of rotatable bonds is 2. The Labute approximate surface area is 105 Å². The van der Waals surface area contributed by atoms with Crippen molar-refractivity contribution in [3.05, 3.63) is 0 Å². The van der Waals surface area contributed by atoms with E-state index in [2.05, 4.69) is 5.32 Å². The van der Waals surface area contributed by atoms with Crippen LogP contribution in [-0.4, -0.2) is 42.7 Å². The highest BCUT2D eigenvalue weighted by molar-refractivity contribution is 5.76. The summed E-state index contributed by atoms with van der Waals surface area (Å²) in [6.45, 7) is 2.06. The summed E-state index contributed by atoms with van der Waals surface area (Å²) in [7, 11) is 0. The number of alkyl halides is 3. The maximum Gasteiger partial charge on any atom is 0.389 e. The Kier molecular flexibility index (Phi) is 4.14. The Morgan fingerprint density at radius 2 is 2.06 bits per heavy atom. The molecule has 0 aliphatic carbocycles. The second kappa shape index (κ2) is 5.47. The first-order valence-electron chi connectivity index (χ1n) is 6.52. The van der Waals surface area contributed by atoms with Gasteiger partial charge in [0.05, 0.1) is 6.42 Å². The summed E-state index contributed by atoms with van der Waals surface area (Å²) in [5.41, 5.74) is 0. The number of halogens is 3. The fourth-order valence-electron chi connectivity index (χ4n) is 2.76. The number of hydrogen-bond donors (Lipinski definition) is 1. The molecule has 2 saturated heterocycles. The van der Waals surface area contributed by atoms with Crippen LogP contribution in [0.2, 0.25) is 0 Å². The summed E-state index contributed by atoms with van der Waals surface area (Å²) in [4.78, 5) is 13.5. The molecule has 0 aromatic rings. The van der Waals surface area contributed by atoms with E-state index in [9.17, 15) is 18.0 Å². The first-order valence-corrected chi connectivity index (χ1v) is 6.52. The van der Waals surface area contributed by atoms with E-state index in [-0.39, 0.29) is 11.9 Å². The highest BCUT2D eigenvalue weighted by Gasteiger charge is 2.32. The molecule has 2 atom stereocenters. The minimum atomic E-state index is -4.24. The molecule has 2 bridgehead atoms. The Morgan fingerprint density at radius 3 is 2.78 bits per heavy atom. The van der Waals surface area contributed by atoms with E-state index in [1.54, 1.807) is 4.90 Å². The summed E-state index contributed by atoms with van der Waals surface area (Å²) in [6.07, 6.45) is -2.44. The molecule has 0 spiro atoms. The van der Waals surface area contributed by atoms with Gasteiger partial charge < -0.3 is 10.2 Å². The molecule has 0 saturated carbocycles. The van der Waals surface area contributed by atoms with E-state index >= 15 is 0 Å². The van der Waals surface area contributed by atoms with Gasteiger partial charge in [0.1, 0.15) is 0 Å². The molecule has 2 aliphatic heterocycles. The van der Waals surface area contributed by atoms with Gasteiger partial charge >= 0.3 is 6.18 Å². The molecule has 2 heterocycles. The molecule has 0 radical (unpaired) electrons. The van der Waals surface area contributed by atoms with Gasteiger partial charge in [-0.3, -0.25) is 4.79 Å². The lowest BCUT2D eigenvalue weighted by atomic mass is 9.99. The van der Waals surface area contributed by atoms with E-state index in [4.69, 9.17) is 0 Å². The van der Waals surface area contributed by atoms with E-state index in [0.29, 0.717) is 19.0 Å². The van der Waals surface area contributed by atoms with Crippen LogP contribution in [0.3, 0.4) is 0 Å². The minimum absolute atomic E-state index is 0.257. The molecule has 18 heavy (non-hydrogen) atoms. The van der Waals surface area contributed by atoms with Crippen LogP contribution in [0.4, 0.5) is 13.2 Å². The lowest BCUT2D eigenvalue weighted by Crippen LogP contribution is -2.41. The third-order valence-corrected chi connectivity index (χ3v) is 3.75. The van der Waals surface area contributed by atoms with Crippen LogP contribution < -0.4 is 5.32 Å². The topological polar surface area (TPSA) is 32.3 Å². The molecule has 2 fully saturated rings. The van der Waals surface area contributed by atoms with Gasteiger partial charge in [0.15, 0.2) is 0 Å². The highest BCUT2D eigenvalue weighted by atomic mass is 19.4. The summed E-state index contributed by atoms with van der Waals surface area (Å²) in [6, 6.07) is 0.257. The smallest absolute Gasteiger partial charge is 0.341 e. The van der Waals surface area contributed by atoms with Crippen molar-refractivity contribution < 1.29 is 18.0 Å². The summed E-state index contributed by atoms with van der Waals surface area (Å²) in [5.74, 6) is 0.0419. The van der Waals surface area contributed by atoms with Gasteiger partial charge in [-0.05, 0) is 25.3 Å². The lowest BCUT2D eigenvalue weighted by Gasteiger charge is -2.28. The number of nitrogens with zero attached hydrogens (tertiary/aromatic N) is 1. The van der Waals surface area contributed by atoms with Crippen molar-refractivity contribution in [3.8, 4) is 0 Å². The summed E-state index contributed by atoms with van der Waals surface area (Å²) in [5, 5.41) is 3.38. The van der Waals surface area contributed by atoms with Gasteiger partial charge in [-0.25, -0.2) is 0 Å². The van der Waals surface area contributed by atoms with Crippen LogP contribution in [0.15, 0.2) is 0 Å². The fourth-order valence-corrected chi connectivity index (χ4v) is 2.76. The van der Waals surface area contributed by atoms with Crippen LogP contribution in [0.25, 0.3) is 0 Å². The van der Waals surface area contributed by atoms with Crippen molar-refractivity contribution >= 4 is 5.91 Å². The highest BCUT2D eigenvalue weighted by Crippen LogP contribution is 2.24. The average Bonchev–Trinajstić information content (AvgIpc) is 2.57. The first-order chi connectivity index (χ1) is 8.44. The number of carbonyl (C=O) groups is 1. The van der Waals surface area contributed by atoms with Crippen LogP contribution in [0.1, 0.15) is 32.1 Å². The normalized spacial score (nSPS) is 28.9. The van der Waals surface area contributed by atoms with Gasteiger partial charge in [-0.15, -0.1) is 0 Å². The second-order valence-corrected chi connectivity index (χ2v) is 5.32.